The molecule has 3 aromatic rings. The predicted molar refractivity (Wildman–Crippen MR) is 130 cm³/mol. The molecule has 9 nitrogen and oxygen atoms in total. The van der Waals surface area contributed by atoms with Crippen LogP contribution in [0.5, 0.6) is 0 Å². The van der Waals surface area contributed by atoms with Crippen LogP contribution in [0, 0.1) is 27.7 Å². The Morgan fingerprint density at radius 1 is 1.24 bits per heavy atom. The van der Waals surface area contributed by atoms with E-state index in [9.17, 15) is 14.4 Å². The summed E-state index contributed by atoms with van der Waals surface area (Å²) >= 11 is 1.41. The van der Waals surface area contributed by atoms with E-state index in [1.807, 2.05) is 19.9 Å². The summed E-state index contributed by atoms with van der Waals surface area (Å²) in [5, 5.41) is 7.84. The van der Waals surface area contributed by atoms with Crippen LogP contribution in [0.15, 0.2) is 10.9 Å². The molecule has 3 aromatic heterocycles. The van der Waals surface area contributed by atoms with E-state index in [0.29, 0.717) is 21.8 Å². The van der Waals surface area contributed by atoms with Gasteiger partial charge in [0.1, 0.15) is 11.0 Å². The lowest BCUT2D eigenvalue weighted by molar-refractivity contribution is -0.118. The van der Waals surface area contributed by atoms with E-state index in [4.69, 9.17) is 4.74 Å². The summed E-state index contributed by atoms with van der Waals surface area (Å²) in [5.41, 5.74) is 3.71. The summed E-state index contributed by atoms with van der Waals surface area (Å²) in [4.78, 5) is 45.1. The normalized spacial score (nSPS) is 13.6. The van der Waals surface area contributed by atoms with Gasteiger partial charge in [-0.05, 0) is 72.4 Å². The van der Waals surface area contributed by atoms with Crippen molar-refractivity contribution in [1.82, 2.24) is 19.3 Å². The summed E-state index contributed by atoms with van der Waals surface area (Å²) in [7, 11) is 0. The maximum atomic E-state index is 13.4. The van der Waals surface area contributed by atoms with E-state index in [0.717, 1.165) is 41.1 Å². The highest BCUT2D eigenvalue weighted by Gasteiger charge is 2.30. The number of ether oxygens (including phenoxy) is 1. The summed E-state index contributed by atoms with van der Waals surface area (Å²) in [6.45, 7) is 10.8. The number of hydrogen-bond acceptors (Lipinski definition) is 7. The van der Waals surface area contributed by atoms with Gasteiger partial charge in [-0.3, -0.25) is 14.2 Å². The van der Waals surface area contributed by atoms with Gasteiger partial charge in [0.05, 0.1) is 17.9 Å². The Kier molecular flexibility index (Phi) is 6.44. The monoisotopic (exact) mass is 483 g/mol. The molecule has 1 amide bonds. The molecule has 4 rings (SSSR count). The predicted octanol–water partition coefficient (Wildman–Crippen LogP) is 3.59. The van der Waals surface area contributed by atoms with Crippen LogP contribution in [0.2, 0.25) is 0 Å². The third-order valence-corrected chi connectivity index (χ3v) is 7.38. The van der Waals surface area contributed by atoms with E-state index in [1.54, 1.807) is 32.4 Å². The third kappa shape index (κ3) is 4.06. The first-order valence-corrected chi connectivity index (χ1v) is 12.2. The molecule has 180 valence electrons. The minimum Gasteiger partial charge on any atom is -0.462 e. The van der Waals surface area contributed by atoms with Gasteiger partial charge < -0.3 is 10.1 Å². The van der Waals surface area contributed by atoms with Crippen molar-refractivity contribution in [1.29, 1.82) is 0 Å². The Morgan fingerprint density at radius 2 is 1.97 bits per heavy atom. The average molecular weight is 484 g/mol. The fraction of sp³-hybridized carbons (Fsp3) is 0.458. The van der Waals surface area contributed by atoms with Gasteiger partial charge in [-0.15, -0.1) is 11.3 Å². The molecule has 3 heterocycles. The maximum Gasteiger partial charge on any atom is 0.341 e. The van der Waals surface area contributed by atoms with Crippen LogP contribution in [-0.2, 0) is 22.4 Å². The molecule has 0 radical (unpaired) electrons. The number of carbonyl (C=O) groups excluding carboxylic acids is 2. The van der Waals surface area contributed by atoms with Crippen molar-refractivity contribution in [3.05, 3.63) is 55.1 Å². The SMILES string of the molecule is CCOC(=O)c1c(NC(=O)[C@H](C)n2c(-n3nc(C)cc3C)nc(C)c(C)c2=O)sc2c1CCC2. The lowest BCUT2D eigenvalue weighted by atomic mass is 10.1. The molecule has 34 heavy (non-hydrogen) atoms. The molecule has 1 N–H and O–H groups in total. The zero-order valence-electron chi connectivity index (χ0n) is 20.3. The first-order valence-electron chi connectivity index (χ1n) is 11.4. The molecular weight excluding hydrogens is 454 g/mol. The van der Waals surface area contributed by atoms with Gasteiger partial charge in [0, 0.05) is 21.8 Å². The van der Waals surface area contributed by atoms with E-state index in [-0.39, 0.29) is 18.1 Å². The summed E-state index contributed by atoms with van der Waals surface area (Å²) in [6.07, 6.45) is 2.64. The van der Waals surface area contributed by atoms with E-state index < -0.39 is 17.9 Å². The van der Waals surface area contributed by atoms with E-state index >= 15 is 0 Å². The van der Waals surface area contributed by atoms with Gasteiger partial charge in [-0.2, -0.15) is 5.10 Å². The first-order chi connectivity index (χ1) is 16.1. The Morgan fingerprint density at radius 3 is 2.62 bits per heavy atom. The molecule has 10 heteroatoms. The van der Waals surface area contributed by atoms with Crippen molar-refractivity contribution in [3.63, 3.8) is 0 Å². The molecule has 0 aliphatic heterocycles. The van der Waals surface area contributed by atoms with Gasteiger partial charge in [-0.25, -0.2) is 14.5 Å². The Balaban J connectivity index is 1.75. The number of aryl methyl sites for hydroxylation is 4. The van der Waals surface area contributed by atoms with Crippen LogP contribution < -0.4 is 10.9 Å². The van der Waals surface area contributed by atoms with Gasteiger partial charge in [-0.1, -0.05) is 0 Å². The van der Waals surface area contributed by atoms with Crippen LogP contribution in [0.25, 0.3) is 5.95 Å². The minimum absolute atomic E-state index is 0.253. The fourth-order valence-corrected chi connectivity index (χ4v) is 5.57. The highest BCUT2D eigenvalue weighted by molar-refractivity contribution is 7.17. The largest absolute Gasteiger partial charge is 0.462 e. The number of carbonyl (C=O) groups is 2. The third-order valence-electron chi connectivity index (χ3n) is 6.17. The molecule has 0 unspecified atom stereocenters. The number of amides is 1. The number of nitrogens with one attached hydrogen (secondary N) is 1. The molecule has 0 spiro atoms. The summed E-state index contributed by atoms with van der Waals surface area (Å²) < 4.78 is 8.20. The van der Waals surface area contributed by atoms with Gasteiger partial charge in [0.15, 0.2) is 0 Å². The molecule has 1 atom stereocenters. The molecule has 1 aliphatic rings. The summed E-state index contributed by atoms with van der Waals surface area (Å²) in [6, 6.07) is 0.986. The zero-order valence-corrected chi connectivity index (χ0v) is 21.1. The van der Waals surface area contributed by atoms with Crippen molar-refractivity contribution in [3.8, 4) is 5.95 Å². The second kappa shape index (κ2) is 9.17. The topological polar surface area (TPSA) is 108 Å². The Hall–Kier alpha value is -3.27. The molecule has 0 fully saturated rings. The van der Waals surface area contributed by atoms with Crippen molar-refractivity contribution < 1.29 is 14.3 Å². The van der Waals surface area contributed by atoms with Gasteiger partial charge in [0.2, 0.25) is 11.9 Å². The molecule has 0 aromatic carbocycles. The molecule has 0 saturated carbocycles. The van der Waals surface area contributed by atoms with Crippen molar-refractivity contribution in [2.45, 2.75) is 66.8 Å². The van der Waals surface area contributed by atoms with Crippen LogP contribution in [-0.4, -0.2) is 37.8 Å². The second-order valence-electron chi connectivity index (χ2n) is 8.58. The van der Waals surface area contributed by atoms with Crippen molar-refractivity contribution in [2.24, 2.45) is 0 Å². The van der Waals surface area contributed by atoms with Crippen LogP contribution >= 0.6 is 11.3 Å². The number of rotatable bonds is 6. The Labute approximate surface area is 201 Å². The van der Waals surface area contributed by atoms with Gasteiger partial charge >= 0.3 is 5.97 Å². The number of esters is 1. The smallest absolute Gasteiger partial charge is 0.341 e. The first kappa shape index (κ1) is 23.9. The number of hydrogen-bond donors (Lipinski definition) is 1. The standard InChI is InChI=1S/C24H29N5O4S/c1-7-33-23(32)19-17-9-8-10-18(17)34-21(19)26-20(30)16(6)28-22(31)14(4)15(5)25-24(28)29-13(3)11-12(2)27-29/h11,16H,7-10H2,1-6H3,(H,26,30)/t16-/m0/s1. The molecule has 0 bridgehead atoms. The van der Waals surface area contributed by atoms with E-state index in [1.165, 1.54) is 15.9 Å². The lowest BCUT2D eigenvalue weighted by Gasteiger charge is -2.20. The average Bonchev–Trinajstić information content (AvgIpc) is 3.45. The number of aromatic nitrogens is 4. The number of thiophene rings is 1. The highest BCUT2D eigenvalue weighted by Crippen LogP contribution is 2.39. The lowest BCUT2D eigenvalue weighted by Crippen LogP contribution is -2.36. The molecule has 1 aliphatic carbocycles. The van der Waals surface area contributed by atoms with Crippen LogP contribution in [0.3, 0.4) is 0 Å². The van der Waals surface area contributed by atoms with E-state index in [2.05, 4.69) is 15.4 Å². The summed E-state index contributed by atoms with van der Waals surface area (Å²) in [5.74, 6) is -0.570. The zero-order chi connectivity index (χ0) is 24.7. The van der Waals surface area contributed by atoms with Crippen LogP contribution in [0.4, 0.5) is 5.00 Å². The van der Waals surface area contributed by atoms with Gasteiger partial charge in [0.25, 0.3) is 5.56 Å². The minimum atomic E-state index is -0.898. The number of nitrogens with zero attached hydrogens (tertiary/aromatic N) is 4. The Bertz CT molecular complexity index is 1350. The number of fused-ring (bicyclic) bond motifs is 1. The fourth-order valence-electron chi connectivity index (χ4n) is 4.29. The van der Waals surface area contributed by atoms with Crippen molar-refractivity contribution >= 4 is 28.2 Å². The highest BCUT2D eigenvalue weighted by atomic mass is 32.1. The second-order valence-corrected chi connectivity index (χ2v) is 9.69. The molecular formula is C24H29N5O4S. The van der Waals surface area contributed by atoms with Crippen molar-refractivity contribution in [2.75, 3.05) is 11.9 Å². The molecule has 0 saturated heterocycles. The number of anilines is 1. The maximum absolute atomic E-state index is 13.4. The van der Waals surface area contributed by atoms with Crippen LogP contribution in [0.1, 0.15) is 69.8 Å². The quantitative estimate of drug-likeness (QED) is 0.537.